The Labute approximate surface area is 149 Å². The van der Waals surface area contributed by atoms with Crippen LogP contribution in [0.25, 0.3) is 0 Å². The van der Waals surface area contributed by atoms with Crippen molar-refractivity contribution in [1.29, 1.82) is 0 Å². The van der Waals surface area contributed by atoms with Gasteiger partial charge in [-0.15, -0.1) is 0 Å². The van der Waals surface area contributed by atoms with Gasteiger partial charge in [0.05, 0.1) is 4.90 Å². The standard InChI is InChI=1S/C19H26N2O3S/c1-13-4-6-16(12-18(13)25(23,24)21-8-2-3-9-21)19(22)20-17-11-14-5-7-15(17)10-14/h4,6,12,14-15,17H,2-3,5,7-11H2,1H3,(H,20,22)/t14-,15+,17+/m0/s1. The highest BCUT2D eigenvalue weighted by atomic mass is 32.2. The highest BCUT2D eigenvalue weighted by Crippen LogP contribution is 2.44. The lowest BCUT2D eigenvalue weighted by Crippen LogP contribution is -2.38. The first-order chi connectivity index (χ1) is 11.9. The van der Waals surface area contributed by atoms with Crippen LogP contribution in [0.5, 0.6) is 0 Å². The molecule has 2 bridgehead atoms. The third-order valence-corrected chi connectivity index (χ3v) is 8.23. The van der Waals surface area contributed by atoms with Crippen molar-refractivity contribution in [3.05, 3.63) is 29.3 Å². The largest absolute Gasteiger partial charge is 0.349 e. The van der Waals surface area contributed by atoms with E-state index in [9.17, 15) is 13.2 Å². The van der Waals surface area contributed by atoms with Crippen molar-refractivity contribution in [1.82, 2.24) is 9.62 Å². The molecule has 1 aliphatic heterocycles. The van der Waals surface area contributed by atoms with Crippen molar-refractivity contribution in [3.8, 4) is 0 Å². The Balaban J connectivity index is 1.55. The van der Waals surface area contributed by atoms with Crippen molar-refractivity contribution in [2.75, 3.05) is 13.1 Å². The SMILES string of the molecule is Cc1ccc(C(=O)N[C@@H]2C[C@H]3CC[C@@H]2C3)cc1S(=O)(=O)N1CCCC1. The van der Waals surface area contributed by atoms with Crippen LogP contribution >= 0.6 is 0 Å². The molecule has 1 heterocycles. The van der Waals surface area contributed by atoms with Gasteiger partial charge in [-0.25, -0.2) is 8.42 Å². The van der Waals surface area contributed by atoms with Gasteiger partial charge in [-0.3, -0.25) is 4.79 Å². The molecule has 1 saturated heterocycles. The smallest absolute Gasteiger partial charge is 0.251 e. The molecular weight excluding hydrogens is 336 g/mol. The second kappa shape index (κ2) is 6.40. The fourth-order valence-electron chi connectivity index (χ4n) is 4.76. The van der Waals surface area contributed by atoms with Crippen molar-refractivity contribution in [3.63, 3.8) is 0 Å². The van der Waals surface area contributed by atoms with Gasteiger partial charge in [-0.1, -0.05) is 12.5 Å². The summed E-state index contributed by atoms with van der Waals surface area (Å²) in [5.74, 6) is 1.22. The molecule has 0 spiro atoms. The van der Waals surface area contributed by atoms with Crippen LogP contribution in [-0.4, -0.2) is 37.8 Å². The Morgan fingerprint density at radius 3 is 2.56 bits per heavy atom. The highest BCUT2D eigenvalue weighted by Gasteiger charge is 2.40. The van der Waals surface area contributed by atoms with Crippen LogP contribution in [0.15, 0.2) is 23.1 Å². The number of fused-ring (bicyclic) bond motifs is 2. The topological polar surface area (TPSA) is 66.5 Å². The number of sulfonamides is 1. The minimum absolute atomic E-state index is 0.143. The summed E-state index contributed by atoms with van der Waals surface area (Å²) in [5.41, 5.74) is 1.15. The number of nitrogens with zero attached hydrogens (tertiary/aromatic N) is 1. The summed E-state index contributed by atoms with van der Waals surface area (Å²) in [6.45, 7) is 2.94. The first-order valence-electron chi connectivity index (χ1n) is 9.37. The molecule has 0 aromatic heterocycles. The van der Waals surface area contributed by atoms with E-state index in [1.54, 1.807) is 25.1 Å². The van der Waals surface area contributed by atoms with E-state index in [2.05, 4.69) is 5.32 Å². The Hall–Kier alpha value is -1.40. The van der Waals surface area contributed by atoms with E-state index >= 15 is 0 Å². The Morgan fingerprint density at radius 2 is 1.92 bits per heavy atom. The zero-order chi connectivity index (χ0) is 17.6. The van der Waals surface area contributed by atoms with Crippen LogP contribution in [0.3, 0.4) is 0 Å². The van der Waals surface area contributed by atoms with E-state index in [0.717, 1.165) is 25.2 Å². The molecule has 1 aromatic rings. The Bertz CT molecular complexity index is 784. The van der Waals surface area contributed by atoms with Crippen LogP contribution in [0, 0.1) is 18.8 Å². The minimum atomic E-state index is -3.51. The van der Waals surface area contributed by atoms with Crippen LogP contribution in [0.4, 0.5) is 0 Å². The maximum atomic E-state index is 12.9. The van der Waals surface area contributed by atoms with E-state index in [1.165, 1.54) is 23.6 Å². The van der Waals surface area contributed by atoms with Gasteiger partial charge in [-0.05, 0) is 68.6 Å². The molecule has 136 valence electrons. The maximum absolute atomic E-state index is 12.9. The van der Waals surface area contributed by atoms with E-state index in [4.69, 9.17) is 0 Å². The van der Waals surface area contributed by atoms with Gasteiger partial charge < -0.3 is 5.32 Å². The lowest BCUT2D eigenvalue weighted by atomic mass is 9.95. The van der Waals surface area contributed by atoms with Gasteiger partial charge in [0.1, 0.15) is 0 Å². The second-order valence-corrected chi connectivity index (χ2v) is 9.75. The number of nitrogens with one attached hydrogen (secondary N) is 1. The van der Waals surface area contributed by atoms with Crippen LogP contribution < -0.4 is 5.32 Å². The number of hydrogen-bond donors (Lipinski definition) is 1. The van der Waals surface area contributed by atoms with Gasteiger partial charge in [0.15, 0.2) is 0 Å². The third-order valence-electron chi connectivity index (χ3n) is 6.19. The summed E-state index contributed by atoms with van der Waals surface area (Å²) in [5, 5.41) is 3.15. The van der Waals surface area contributed by atoms with Crippen LogP contribution in [0.1, 0.15) is 54.4 Å². The Kier molecular flexibility index (Phi) is 4.36. The number of rotatable bonds is 4. The molecule has 2 saturated carbocycles. The molecular formula is C19H26N2O3S. The van der Waals surface area contributed by atoms with Gasteiger partial charge >= 0.3 is 0 Å². The monoisotopic (exact) mass is 362 g/mol. The minimum Gasteiger partial charge on any atom is -0.349 e. The second-order valence-electron chi connectivity index (χ2n) is 7.85. The summed E-state index contributed by atoms with van der Waals surface area (Å²) in [6, 6.07) is 5.30. The molecule has 5 nitrogen and oxygen atoms in total. The molecule has 2 aliphatic carbocycles. The zero-order valence-electron chi connectivity index (χ0n) is 14.7. The number of carbonyl (C=O) groups is 1. The number of aryl methyl sites for hydroxylation is 1. The van der Waals surface area contributed by atoms with E-state index in [-0.39, 0.29) is 16.8 Å². The fourth-order valence-corrected chi connectivity index (χ4v) is 6.53. The third kappa shape index (κ3) is 3.10. The van der Waals surface area contributed by atoms with Gasteiger partial charge in [0.2, 0.25) is 10.0 Å². The van der Waals surface area contributed by atoms with Crippen LogP contribution in [0.2, 0.25) is 0 Å². The molecule has 3 aliphatic rings. The van der Waals surface area contributed by atoms with Crippen molar-refractivity contribution >= 4 is 15.9 Å². The van der Waals surface area contributed by atoms with Crippen molar-refractivity contribution in [2.45, 2.75) is 56.4 Å². The molecule has 6 heteroatoms. The zero-order valence-corrected chi connectivity index (χ0v) is 15.5. The molecule has 1 amide bonds. The number of amides is 1. The summed E-state index contributed by atoms with van der Waals surface area (Å²) >= 11 is 0. The Morgan fingerprint density at radius 1 is 1.16 bits per heavy atom. The molecule has 3 fully saturated rings. The highest BCUT2D eigenvalue weighted by molar-refractivity contribution is 7.89. The van der Waals surface area contributed by atoms with Crippen molar-refractivity contribution in [2.24, 2.45) is 11.8 Å². The van der Waals surface area contributed by atoms with Gasteiger partial charge in [-0.2, -0.15) is 4.31 Å². The lowest BCUT2D eigenvalue weighted by Gasteiger charge is -2.23. The summed E-state index contributed by atoms with van der Waals surface area (Å²) in [6.07, 6.45) is 6.61. The van der Waals surface area contributed by atoms with Gasteiger partial charge in [0, 0.05) is 24.7 Å². The van der Waals surface area contributed by atoms with Gasteiger partial charge in [0.25, 0.3) is 5.91 Å². The molecule has 1 aromatic carbocycles. The number of carbonyl (C=O) groups excluding carboxylic acids is 1. The molecule has 4 rings (SSSR count). The average Bonchev–Trinajstić information content (AvgIpc) is 3.33. The van der Waals surface area contributed by atoms with E-state index < -0.39 is 10.0 Å². The molecule has 25 heavy (non-hydrogen) atoms. The molecule has 1 N–H and O–H groups in total. The van der Waals surface area contributed by atoms with E-state index in [1.807, 2.05) is 0 Å². The fraction of sp³-hybridized carbons (Fsp3) is 0.632. The molecule has 3 atom stereocenters. The average molecular weight is 362 g/mol. The maximum Gasteiger partial charge on any atom is 0.251 e. The lowest BCUT2D eigenvalue weighted by molar-refractivity contribution is 0.0922. The van der Waals surface area contributed by atoms with Crippen molar-refractivity contribution < 1.29 is 13.2 Å². The normalized spacial score (nSPS) is 29.2. The molecule has 0 radical (unpaired) electrons. The number of hydrogen-bond acceptors (Lipinski definition) is 3. The predicted octanol–water partition coefficient (Wildman–Crippen LogP) is 2.70. The molecule has 0 unspecified atom stereocenters. The number of benzene rings is 1. The summed E-state index contributed by atoms with van der Waals surface area (Å²) in [7, 11) is -3.51. The van der Waals surface area contributed by atoms with E-state index in [0.29, 0.717) is 30.1 Å². The summed E-state index contributed by atoms with van der Waals surface area (Å²) < 4.78 is 27.3. The predicted molar refractivity (Wildman–Crippen MR) is 95.9 cm³/mol. The van der Waals surface area contributed by atoms with Crippen LogP contribution in [-0.2, 0) is 10.0 Å². The summed E-state index contributed by atoms with van der Waals surface area (Å²) in [4.78, 5) is 12.9. The first kappa shape index (κ1) is 17.0. The quantitative estimate of drug-likeness (QED) is 0.895. The first-order valence-corrected chi connectivity index (χ1v) is 10.8.